The fraction of sp³-hybridized carbons (Fsp3) is 0.278. The van der Waals surface area contributed by atoms with E-state index in [9.17, 15) is 19.3 Å². The normalized spacial score (nSPS) is 12.8. The van der Waals surface area contributed by atoms with Gasteiger partial charge in [0.15, 0.2) is 6.61 Å². The Morgan fingerprint density at radius 1 is 1.37 bits per heavy atom. The van der Waals surface area contributed by atoms with Gasteiger partial charge in [0.05, 0.1) is 17.7 Å². The Morgan fingerprint density at radius 2 is 2.19 bits per heavy atom. The molecule has 0 bridgehead atoms. The molecule has 27 heavy (non-hydrogen) atoms. The number of methoxy groups -OCH3 is 1. The molecule has 0 saturated heterocycles. The second kappa shape index (κ2) is 8.00. The molecule has 1 aliphatic rings. The van der Waals surface area contributed by atoms with Crippen molar-refractivity contribution in [1.29, 1.82) is 0 Å². The summed E-state index contributed by atoms with van der Waals surface area (Å²) in [5.41, 5.74) is 1.38. The van der Waals surface area contributed by atoms with Crippen LogP contribution in [0.15, 0.2) is 30.3 Å². The second-order valence-corrected chi connectivity index (χ2v) is 5.92. The standard InChI is InChI=1S/C18H18FN3O5/c1-26-16-8-12(3-5-15(16)22(24)25)27-10-17(23)21-14-4-2-11-9-20-7-6-13(11)18(14)19/h2-5,8,20H,6-7,9-10H2,1H3,(H,21,23). The highest BCUT2D eigenvalue weighted by Gasteiger charge is 2.18. The molecular weight excluding hydrogens is 357 g/mol. The summed E-state index contributed by atoms with van der Waals surface area (Å²) < 4.78 is 24.8. The molecule has 0 aromatic heterocycles. The summed E-state index contributed by atoms with van der Waals surface area (Å²) in [7, 11) is 1.30. The van der Waals surface area contributed by atoms with Crippen molar-refractivity contribution in [3.63, 3.8) is 0 Å². The van der Waals surface area contributed by atoms with Crippen LogP contribution in [0.25, 0.3) is 0 Å². The topological polar surface area (TPSA) is 103 Å². The first-order chi connectivity index (χ1) is 13.0. The molecule has 0 spiro atoms. The van der Waals surface area contributed by atoms with Crippen LogP contribution in [0, 0.1) is 15.9 Å². The minimum Gasteiger partial charge on any atom is -0.490 e. The van der Waals surface area contributed by atoms with Gasteiger partial charge in [-0.25, -0.2) is 4.39 Å². The number of ether oxygens (including phenoxy) is 2. The van der Waals surface area contributed by atoms with Crippen molar-refractivity contribution in [2.45, 2.75) is 13.0 Å². The summed E-state index contributed by atoms with van der Waals surface area (Å²) in [6, 6.07) is 7.21. The van der Waals surface area contributed by atoms with E-state index in [2.05, 4.69) is 10.6 Å². The number of nitro benzene ring substituents is 1. The molecule has 1 aliphatic heterocycles. The summed E-state index contributed by atoms with van der Waals surface area (Å²) in [6.07, 6.45) is 0.559. The number of carbonyl (C=O) groups is 1. The van der Waals surface area contributed by atoms with Crippen molar-refractivity contribution in [2.75, 3.05) is 25.6 Å². The molecule has 3 rings (SSSR count). The monoisotopic (exact) mass is 375 g/mol. The summed E-state index contributed by atoms with van der Waals surface area (Å²) in [5.74, 6) is -0.726. The molecule has 1 heterocycles. The largest absolute Gasteiger partial charge is 0.490 e. The Balaban J connectivity index is 1.64. The van der Waals surface area contributed by atoms with E-state index in [0.29, 0.717) is 25.1 Å². The molecule has 0 radical (unpaired) electrons. The first-order valence-electron chi connectivity index (χ1n) is 8.25. The highest BCUT2D eigenvalue weighted by atomic mass is 19.1. The van der Waals surface area contributed by atoms with Crippen LogP contribution in [0.1, 0.15) is 11.1 Å². The van der Waals surface area contributed by atoms with Crippen molar-refractivity contribution < 1.29 is 23.6 Å². The fourth-order valence-electron chi connectivity index (χ4n) is 2.86. The molecule has 142 valence electrons. The van der Waals surface area contributed by atoms with Crippen LogP contribution in [0.4, 0.5) is 15.8 Å². The van der Waals surface area contributed by atoms with Gasteiger partial charge < -0.3 is 20.1 Å². The quantitative estimate of drug-likeness (QED) is 0.594. The minimum absolute atomic E-state index is 0.0206. The molecule has 0 unspecified atom stereocenters. The molecule has 1 amide bonds. The molecule has 2 aromatic rings. The van der Waals surface area contributed by atoms with Crippen LogP contribution in [-0.4, -0.2) is 31.1 Å². The van der Waals surface area contributed by atoms with Gasteiger partial charge in [0.1, 0.15) is 11.6 Å². The number of carbonyl (C=O) groups excluding carboxylic acids is 1. The Labute approximate surface area is 154 Å². The molecule has 8 nitrogen and oxygen atoms in total. The van der Waals surface area contributed by atoms with Gasteiger partial charge in [-0.05, 0) is 36.2 Å². The van der Waals surface area contributed by atoms with E-state index in [1.54, 1.807) is 6.07 Å². The number of hydrogen-bond acceptors (Lipinski definition) is 6. The number of nitrogens with zero attached hydrogens (tertiary/aromatic N) is 1. The first-order valence-corrected chi connectivity index (χ1v) is 8.25. The van der Waals surface area contributed by atoms with Crippen LogP contribution in [0.5, 0.6) is 11.5 Å². The van der Waals surface area contributed by atoms with E-state index in [0.717, 1.165) is 5.56 Å². The highest BCUT2D eigenvalue weighted by molar-refractivity contribution is 5.92. The van der Waals surface area contributed by atoms with Gasteiger partial charge >= 0.3 is 5.69 Å². The summed E-state index contributed by atoms with van der Waals surface area (Å²) in [4.78, 5) is 22.4. The van der Waals surface area contributed by atoms with Crippen molar-refractivity contribution in [3.05, 3.63) is 57.4 Å². The van der Waals surface area contributed by atoms with Crippen molar-refractivity contribution in [2.24, 2.45) is 0 Å². The summed E-state index contributed by atoms with van der Waals surface area (Å²) >= 11 is 0. The zero-order valence-corrected chi connectivity index (χ0v) is 14.6. The third-order valence-electron chi connectivity index (χ3n) is 4.20. The maximum atomic E-state index is 14.5. The average molecular weight is 375 g/mol. The smallest absolute Gasteiger partial charge is 0.311 e. The summed E-state index contributed by atoms with van der Waals surface area (Å²) in [6.45, 7) is 0.914. The molecule has 2 aromatic carbocycles. The number of anilines is 1. The Morgan fingerprint density at radius 3 is 2.93 bits per heavy atom. The number of amides is 1. The highest BCUT2D eigenvalue weighted by Crippen LogP contribution is 2.30. The van der Waals surface area contributed by atoms with E-state index < -0.39 is 16.6 Å². The predicted molar refractivity (Wildman–Crippen MR) is 95.6 cm³/mol. The SMILES string of the molecule is COc1cc(OCC(=O)Nc2ccc3c(c2F)CCNC3)ccc1[N+](=O)[O-]. The van der Waals surface area contributed by atoms with Crippen molar-refractivity contribution >= 4 is 17.3 Å². The third-order valence-corrected chi connectivity index (χ3v) is 4.20. The van der Waals surface area contributed by atoms with E-state index in [-0.39, 0.29) is 29.5 Å². The minimum atomic E-state index is -0.580. The lowest BCUT2D eigenvalue weighted by Crippen LogP contribution is -2.26. The lowest BCUT2D eigenvalue weighted by atomic mass is 9.99. The number of fused-ring (bicyclic) bond motifs is 1. The Kier molecular flexibility index (Phi) is 5.51. The van der Waals surface area contributed by atoms with Crippen LogP contribution in [0.2, 0.25) is 0 Å². The van der Waals surface area contributed by atoms with Gasteiger partial charge in [-0.2, -0.15) is 0 Å². The van der Waals surface area contributed by atoms with Crippen LogP contribution in [0.3, 0.4) is 0 Å². The maximum Gasteiger partial charge on any atom is 0.311 e. The third kappa shape index (κ3) is 4.14. The number of nitro groups is 1. The molecule has 9 heteroatoms. The Hall–Kier alpha value is -3.20. The van der Waals surface area contributed by atoms with Gasteiger partial charge in [-0.1, -0.05) is 6.07 Å². The van der Waals surface area contributed by atoms with Gasteiger partial charge in [-0.3, -0.25) is 14.9 Å². The second-order valence-electron chi connectivity index (χ2n) is 5.92. The number of rotatable bonds is 6. The van der Waals surface area contributed by atoms with E-state index in [1.807, 2.05) is 0 Å². The average Bonchev–Trinajstić information content (AvgIpc) is 2.68. The maximum absolute atomic E-state index is 14.5. The van der Waals surface area contributed by atoms with E-state index in [4.69, 9.17) is 9.47 Å². The number of hydrogen-bond donors (Lipinski definition) is 2. The molecule has 0 aliphatic carbocycles. The zero-order chi connectivity index (χ0) is 19.4. The number of nitrogens with one attached hydrogen (secondary N) is 2. The molecule has 0 atom stereocenters. The number of benzene rings is 2. The van der Waals surface area contributed by atoms with Crippen LogP contribution < -0.4 is 20.1 Å². The molecular formula is C18H18FN3O5. The molecule has 2 N–H and O–H groups in total. The lowest BCUT2D eigenvalue weighted by molar-refractivity contribution is -0.385. The van der Waals surface area contributed by atoms with Gasteiger partial charge in [0, 0.05) is 18.7 Å². The zero-order valence-electron chi connectivity index (χ0n) is 14.6. The number of halogens is 1. The van der Waals surface area contributed by atoms with Crippen LogP contribution in [-0.2, 0) is 17.8 Å². The fourth-order valence-corrected chi connectivity index (χ4v) is 2.86. The van der Waals surface area contributed by atoms with Gasteiger partial charge in [0.25, 0.3) is 5.91 Å². The van der Waals surface area contributed by atoms with Crippen molar-refractivity contribution in [3.8, 4) is 11.5 Å². The summed E-state index contributed by atoms with van der Waals surface area (Å²) in [5, 5.41) is 16.5. The molecule has 0 saturated carbocycles. The first kappa shape index (κ1) is 18.6. The predicted octanol–water partition coefficient (Wildman–Crippen LogP) is 2.41. The van der Waals surface area contributed by atoms with E-state index in [1.165, 1.54) is 31.4 Å². The van der Waals surface area contributed by atoms with Crippen molar-refractivity contribution in [1.82, 2.24) is 5.32 Å². The molecule has 0 fully saturated rings. The van der Waals surface area contributed by atoms with E-state index >= 15 is 0 Å². The lowest BCUT2D eigenvalue weighted by Gasteiger charge is -2.19. The van der Waals surface area contributed by atoms with Gasteiger partial charge in [0.2, 0.25) is 5.75 Å². The van der Waals surface area contributed by atoms with Crippen LogP contribution >= 0.6 is 0 Å². The Bertz CT molecular complexity index is 888. The van der Waals surface area contributed by atoms with Gasteiger partial charge in [-0.15, -0.1) is 0 Å².